The number of hydrogen-bond donors (Lipinski definition) is 3. The average Bonchev–Trinajstić information content (AvgIpc) is 2.83. The van der Waals surface area contributed by atoms with E-state index < -0.39 is 10.0 Å². The molecule has 2 rings (SSSR count). The number of sulfonamides is 1. The second-order valence-corrected chi connectivity index (χ2v) is 6.39. The smallest absolute Gasteiger partial charge is 0.232 e. The molecule has 0 aromatic heterocycles. The summed E-state index contributed by atoms with van der Waals surface area (Å²) in [6, 6.07) is 6.31. The molecule has 1 saturated heterocycles. The van der Waals surface area contributed by atoms with Crippen molar-refractivity contribution in [3.8, 4) is 5.75 Å². The first kappa shape index (κ1) is 13.2. The van der Waals surface area contributed by atoms with Crippen LogP contribution in [0.25, 0.3) is 0 Å². The molecular formula is C12H18N2O3S. The summed E-state index contributed by atoms with van der Waals surface area (Å²) in [5.41, 5.74) is 0.479. The predicted octanol–water partition coefficient (Wildman–Crippen LogP) is 1.28. The molecule has 0 radical (unpaired) electrons. The van der Waals surface area contributed by atoms with E-state index in [9.17, 15) is 8.42 Å². The lowest BCUT2D eigenvalue weighted by Gasteiger charge is -2.11. The van der Waals surface area contributed by atoms with E-state index in [4.69, 9.17) is 5.11 Å². The minimum Gasteiger partial charge on any atom is -0.508 e. The molecule has 1 unspecified atom stereocenters. The van der Waals surface area contributed by atoms with Gasteiger partial charge in [0.1, 0.15) is 5.75 Å². The molecule has 5 nitrogen and oxygen atoms in total. The van der Waals surface area contributed by atoms with Crippen LogP contribution >= 0.6 is 0 Å². The summed E-state index contributed by atoms with van der Waals surface area (Å²) in [6.07, 6.45) is 2.80. The van der Waals surface area contributed by atoms with Crippen LogP contribution in [0.3, 0.4) is 0 Å². The lowest BCUT2D eigenvalue weighted by Crippen LogP contribution is -2.26. The molecule has 1 aliphatic rings. The molecule has 1 aromatic rings. The van der Waals surface area contributed by atoms with E-state index in [-0.39, 0.29) is 11.5 Å². The number of phenolic OH excluding ortho intramolecular Hbond substituents is 1. The van der Waals surface area contributed by atoms with Crippen molar-refractivity contribution >= 4 is 15.7 Å². The molecule has 1 aromatic carbocycles. The van der Waals surface area contributed by atoms with Gasteiger partial charge in [0, 0.05) is 11.7 Å². The Morgan fingerprint density at radius 2 is 2.06 bits per heavy atom. The molecule has 0 aliphatic carbocycles. The number of phenols is 1. The fourth-order valence-corrected chi connectivity index (χ4v) is 3.25. The van der Waals surface area contributed by atoms with Crippen molar-refractivity contribution in [2.45, 2.75) is 25.3 Å². The number of benzene rings is 1. The third-order valence-electron chi connectivity index (χ3n) is 3.04. The van der Waals surface area contributed by atoms with Gasteiger partial charge in [-0.3, -0.25) is 4.72 Å². The fourth-order valence-electron chi connectivity index (χ4n) is 2.06. The van der Waals surface area contributed by atoms with Gasteiger partial charge in [-0.1, -0.05) is 0 Å². The first-order chi connectivity index (χ1) is 8.55. The Balaban J connectivity index is 1.88. The van der Waals surface area contributed by atoms with Crippen LogP contribution in [-0.2, 0) is 10.0 Å². The van der Waals surface area contributed by atoms with E-state index in [2.05, 4.69) is 10.0 Å². The van der Waals surface area contributed by atoms with E-state index in [1.807, 2.05) is 0 Å². The summed E-state index contributed by atoms with van der Waals surface area (Å²) in [5.74, 6) is 0.235. The van der Waals surface area contributed by atoms with Crippen molar-refractivity contribution in [2.24, 2.45) is 0 Å². The number of anilines is 1. The molecule has 1 aliphatic heterocycles. The second-order valence-electron chi connectivity index (χ2n) is 4.55. The van der Waals surface area contributed by atoms with Crippen LogP contribution < -0.4 is 10.0 Å². The van der Waals surface area contributed by atoms with E-state index in [1.165, 1.54) is 12.1 Å². The van der Waals surface area contributed by atoms with Crippen molar-refractivity contribution < 1.29 is 13.5 Å². The second kappa shape index (κ2) is 5.58. The van der Waals surface area contributed by atoms with Gasteiger partial charge in [0.2, 0.25) is 10.0 Å². The third kappa shape index (κ3) is 3.89. The number of aromatic hydroxyl groups is 1. The molecule has 1 atom stereocenters. The molecule has 1 heterocycles. The lowest BCUT2D eigenvalue weighted by atomic mass is 10.2. The Kier molecular flexibility index (Phi) is 4.08. The zero-order chi connectivity index (χ0) is 13.0. The van der Waals surface area contributed by atoms with Crippen molar-refractivity contribution in [3.05, 3.63) is 24.3 Å². The van der Waals surface area contributed by atoms with Gasteiger partial charge >= 0.3 is 0 Å². The highest BCUT2D eigenvalue weighted by atomic mass is 32.2. The van der Waals surface area contributed by atoms with Crippen molar-refractivity contribution in [3.63, 3.8) is 0 Å². The molecule has 0 saturated carbocycles. The topological polar surface area (TPSA) is 78.4 Å². The van der Waals surface area contributed by atoms with Crippen molar-refractivity contribution in [1.82, 2.24) is 5.32 Å². The molecule has 100 valence electrons. The van der Waals surface area contributed by atoms with Crippen LogP contribution in [0.4, 0.5) is 5.69 Å². The fraction of sp³-hybridized carbons (Fsp3) is 0.500. The molecular weight excluding hydrogens is 252 g/mol. The van der Waals surface area contributed by atoms with Gasteiger partial charge in [0.05, 0.1) is 5.75 Å². The van der Waals surface area contributed by atoms with Crippen LogP contribution in [0.1, 0.15) is 19.3 Å². The number of nitrogens with one attached hydrogen (secondary N) is 2. The van der Waals surface area contributed by atoms with E-state index in [0.717, 1.165) is 19.4 Å². The predicted molar refractivity (Wildman–Crippen MR) is 71.2 cm³/mol. The average molecular weight is 270 g/mol. The number of hydrogen-bond acceptors (Lipinski definition) is 4. The first-order valence-electron chi connectivity index (χ1n) is 6.08. The van der Waals surface area contributed by atoms with Gasteiger partial charge in [-0.15, -0.1) is 0 Å². The van der Waals surface area contributed by atoms with Gasteiger partial charge in [0.15, 0.2) is 0 Å². The standard InChI is InChI=1S/C12H18N2O3S/c15-12-5-3-11(4-6-12)14-18(16,17)9-7-10-2-1-8-13-10/h3-6,10,13-15H,1-2,7-9H2. The highest BCUT2D eigenvalue weighted by Gasteiger charge is 2.18. The highest BCUT2D eigenvalue weighted by molar-refractivity contribution is 7.92. The Bertz CT molecular complexity index is 479. The van der Waals surface area contributed by atoms with Crippen LogP contribution in [0.5, 0.6) is 5.75 Å². The van der Waals surface area contributed by atoms with Crippen LogP contribution in [-0.4, -0.2) is 31.9 Å². The summed E-state index contributed by atoms with van der Waals surface area (Å²) in [6.45, 7) is 0.982. The Morgan fingerprint density at radius 1 is 1.33 bits per heavy atom. The maximum absolute atomic E-state index is 11.8. The van der Waals surface area contributed by atoms with Gasteiger partial charge in [-0.25, -0.2) is 8.42 Å². The summed E-state index contributed by atoms with van der Waals surface area (Å²) >= 11 is 0. The van der Waals surface area contributed by atoms with Gasteiger partial charge in [-0.05, 0) is 50.1 Å². The summed E-state index contributed by atoms with van der Waals surface area (Å²) in [5, 5.41) is 12.4. The molecule has 1 fully saturated rings. The Hall–Kier alpha value is -1.27. The van der Waals surface area contributed by atoms with Crippen LogP contribution in [0.2, 0.25) is 0 Å². The van der Waals surface area contributed by atoms with Gasteiger partial charge in [-0.2, -0.15) is 0 Å². The summed E-state index contributed by atoms with van der Waals surface area (Å²) < 4.78 is 26.2. The maximum Gasteiger partial charge on any atom is 0.232 e. The van der Waals surface area contributed by atoms with Crippen LogP contribution in [0, 0.1) is 0 Å². The minimum absolute atomic E-state index is 0.117. The maximum atomic E-state index is 11.8. The Morgan fingerprint density at radius 3 is 2.67 bits per heavy atom. The zero-order valence-electron chi connectivity index (χ0n) is 10.1. The van der Waals surface area contributed by atoms with Gasteiger partial charge < -0.3 is 10.4 Å². The largest absolute Gasteiger partial charge is 0.508 e. The van der Waals surface area contributed by atoms with Crippen molar-refractivity contribution in [1.29, 1.82) is 0 Å². The normalized spacial score (nSPS) is 19.9. The SMILES string of the molecule is O=S(=O)(CCC1CCCN1)Nc1ccc(O)cc1. The lowest BCUT2D eigenvalue weighted by molar-refractivity contribution is 0.475. The van der Waals surface area contributed by atoms with Crippen LogP contribution in [0.15, 0.2) is 24.3 Å². The zero-order valence-corrected chi connectivity index (χ0v) is 10.9. The van der Waals surface area contributed by atoms with E-state index in [1.54, 1.807) is 12.1 Å². The summed E-state index contributed by atoms with van der Waals surface area (Å²) in [7, 11) is -3.31. The number of rotatable bonds is 5. The van der Waals surface area contributed by atoms with E-state index in [0.29, 0.717) is 18.2 Å². The van der Waals surface area contributed by atoms with Crippen molar-refractivity contribution in [2.75, 3.05) is 17.0 Å². The molecule has 0 amide bonds. The Labute approximate surface area is 107 Å². The molecule has 0 bridgehead atoms. The van der Waals surface area contributed by atoms with Gasteiger partial charge in [0.25, 0.3) is 0 Å². The molecule has 18 heavy (non-hydrogen) atoms. The molecule has 3 N–H and O–H groups in total. The monoisotopic (exact) mass is 270 g/mol. The highest BCUT2D eigenvalue weighted by Crippen LogP contribution is 2.16. The molecule has 0 spiro atoms. The first-order valence-corrected chi connectivity index (χ1v) is 7.73. The minimum atomic E-state index is -3.31. The quantitative estimate of drug-likeness (QED) is 0.704. The van der Waals surface area contributed by atoms with E-state index >= 15 is 0 Å². The molecule has 6 heteroatoms. The summed E-state index contributed by atoms with van der Waals surface area (Å²) in [4.78, 5) is 0. The third-order valence-corrected chi connectivity index (χ3v) is 4.36.